The first-order chi connectivity index (χ1) is 9.97. The van der Waals surface area contributed by atoms with Gasteiger partial charge in [0.05, 0.1) is 10.6 Å². The molecule has 108 valence electrons. The van der Waals surface area contributed by atoms with Crippen LogP contribution in [0.15, 0.2) is 41.6 Å². The van der Waals surface area contributed by atoms with Crippen LogP contribution in [0, 0.1) is 6.92 Å². The molecule has 0 saturated carbocycles. The molecule has 2 aromatic rings. The molecule has 1 aromatic heterocycles. The lowest BCUT2D eigenvalue weighted by Crippen LogP contribution is -2.11. The van der Waals surface area contributed by atoms with E-state index in [1.165, 1.54) is 24.0 Å². The number of rotatable bonds is 5. The number of pyridine rings is 1. The maximum atomic E-state index is 11.1. The Labute approximate surface area is 126 Å². The quantitative estimate of drug-likeness (QED) is 0.828. The van der Waals surface area contributed by atoms with Gasteiger partial charge in [-0.25, -0.2) is 9.78 Å². The highest BCUT2D eigenvalue weighted by Crippen LogP contribution is 2.23. The molecule has 0 aliphatic rings. The summed E-state index contributed by atoms with van der Waals surface area (Å²) in [6, 6.07) is 8.54. The van der Waals surface area contributed by atoms with Gasteiger partial charge in [0.2, 0.25) is 5.91 Å². The fourth-order valence-electron chi connectivity index (χ4n) is 1.75. The number of carbonyl (C=O) groups is 2. The Balaban J connectivity index is 2.06. The number of nitrogens with two attached hydrogens (primary N) is 1. The van der Waals surface area contributed by atoms with Crippen molar-refractivity contribution in [1.82, 2.24) is 4.98 Å². The van der Waals surface area contributed by atoms with Crippen LogP contribution in [0.4, 0.5) is 0 Å². The minimum atomic E-state index is -0.989. The number of aromatic nitrogens is 1. The second-order valence-electron chi connectivity index (χ2n) is 4.48. The van der Waals surface area contributed by atoms with Crippen LogP contribution < -0.4 is 5.73 Å². The first kappa shape index (κ1) is 15.1. The Hall–Kier alpha value is -2.34. The zero-order chi connectivity index (χ0) is 15.4. The minimum absolute atomic E-state index is 0.168. The number of hydrogen-bond donors (Lipinski definition) is 2. The summed E-state index contributed by atoms with van der Waals surface area (Å²) in [6.07, 6.45) is 1.34. The van der Waals surface area contributed by atoms with Crippen molar-refractivity contribution in [3.8, 4) is 0 Å². The maximum Gasteiger partial charge on any atom is 0.337 e. The topological polar surface area (TPSA) is 93.3 Å². The van der Waals surface area contributed by atoms with Gasteiger partial charge >= 0.3 is 5.97 Å². The van der Waals surface area contributed by atoms with Gasteiger partial charge in [-0.15, -0.1) is 11.8 Å². The predicted molar refractivity (Wildman–Crippen MR) is 80.5 cm³/mol. The van der Waals surface area contributed by atoms with E-state index in [-0.39, 0.29) is 5.56 Å². The number of carboxylic acid groups (broad SMARTS) is 1. The summed E-state index contributed by atoms with van der Waals surface area (Å²) in [5.41, 5.74) is 7.96. The smallest absolute Gasteiger partial charge is 0.337 e. The van der Waals surface area contributed by atoms with Crippen molar-refractivity contribution in [1.29, 1.82) is 0 Å². The van der Waals surface area contributed by atoms with E-state index in [0.29, 0.717) is 11.3 Å². The highest BCUT2D eigenvalue weighted by atomic mass is 32.2. The molecule has 0 bridgehead atoms. The SMILES string of the molecule is Cc1cc(C(N)=O)ccc1CSc1ccc(C(=O)O)cn1. The Morgan fingerprint density at radius 1 is 1.24 bits per heavy atom. The molecule has 1 heterocycles. The van der Waals surface area contributed by atoms with Crippen LogP contribution in [0.5, 0.6) is 0 Å². The van der Waals surface area contributed by atoms with Crippen molar-refractivity contribution >= 4 is 23.6 Å². The molecule has 0 aliphatic carbocycles. The highest BCUT2D eigenvalue weighted by molar-refractivity contribution is 7.98. The number of benzene rings is 1. The van der Waals surface area contributed by atoms with Gasteiger partial charge in [0.25, 0.3) is 0 Å². The monoisotopic (exact) mass is 302 g/mol. The van der Waals surface area contributed by atoms with Crippen molar-refractivity contribution in [3.63, 3.8) is 0 Å². The van der Waals surface area contributed by atoms with Gasteiger partial charge in [-0.2, -0.15) is 0 Å². The summed E-state index contributed by atoms with van der Waals surface area (Å²) >= 11 is 1.50. The third kappa shape index (κ3) is 3.82. The van der Waals surface area contributed by atoms with Crippen molar-refractivity contribution in [2.24, 2.45) is 5.73 Å². The Bertz CT molecular complexity index is 684. The zero-order valence-electron chi connectivity index (χ0n) is 11.4. The normalized spacial score (nSPS) is 10.3. The van der Waals surface area contributed by atoms with E-state index in [0.717, 1.165) is 16.2 Å². The van der Waals surface area contributed by atoms with Crippen LogP contribution >= 0.6 is 11.8 Å². The molecule has 0 saturated heterocycles. The summed E-state index contributed by atoms with van der Waals surface area (Å²) in [4.78, 5) is 25.9. The molecule has 21 heavy (non-hydrogen) atoms. The first-order valence-electron chi connectivity index (χ1n) is 6.19. The lowest BCUT2D eigenvalue weighted by atomic mass is 10.1. The van der Waals surface area contributed by atoms with Gasteiger partial charge in [-0.1, -0.05) is 6.07 Å². The maximum absolute atomic E-state index is 11.1. The number of aryl methyl sites for hydroxylation is 1. The second-order valence-corrected chi connectivity index (χ2v) is 5.48. The lowest BCUT2D eigenvalue weighted by molar-refractivity contribution is 0.0696. The molecule has 0 atom stereocenters. The van der Waals surface area contributed by atoms with Crippen molar-refractivity contribution in [2.75, 3.05) is 0 Å². The number of carbonyl (C=O) groups excluding carboxylic acids is 1. The Kier molecular flexibility index (Phi) is 4.59. The molecule has 0 radical (unpaired) electrons. The molecule has 0 fully saturated rings. The largest absolute Gasteiger partial charge is 0.478 e. The zero-order valence-corrected chi connectivity index (χ0v) is 12.2. The van der Waals surface area contributed by atoms with Gasteiger partial charge in [0.1, 0.15) is 0 Å². The lowest BCUT2D eigenvalue weighted by Gasteiger charge is -2.07. The average molecular weight is 302 g/mol. The fourth-order valence-corrected chi connectivity index (χ4v) is 2.67. The number of aromatic carboxylic acids is 1. The summed E-state index contributed by atoms with van der Waals surface area (Å²) < 4.78 is 0. The number of amides is 1. The van der Waals surface area contributed by atoms with Crippen LogP contribution in [0.1, 0.15) is 31.8 Å². The molecular formula is C15H14N2O3S. The summed E-state index contributed by atoms with van der Waals surface area (Å²) in [7, 11) is 0. The van der Waals surface area contributed by atoms with Crippen LogP contribution in [-0.4, -0.2) is 22.0 Å². The fraction of sp³-hybridized carbons (Fsp3) is 0.133. The van der Waals surface area contributed by atoms with E-state index in [1.807, 2.05) is 13.0 Å². The van der Waals surface area contributed by atoms with Crippen LogP contribution in [0.25, 0.3) is 0 Å². The van der Waals surface area contributed by atoms with Crippen LogP contribution in [0.2, 0.25) is 0 Å². The number of nitrogens with zero attached hydrogens (tertiary/aromatic N) is 1. The standard InChI is InChI=1S/C15H14N2O3S/c1-9-6-10(14(16)18)2-3-12(9)8-21-13-5-4-11(7-17-13)15(19)20/h2-7H,8H2,1H3,(H2,16,18)(H,19,20). The highest BCUT2D eigenvalue weighted by Gasteiger charge is 2.06. The van der Waals surface area contributed by atoms with Gasteiger partial charge in [-0.05, 0) is 42.3 Å². The molecule has 0 unspecified atom stereocenters. The van der Waals surface area contributed by atoms with Crippen molar-refractivity contribution in [3.05, 3.63) is 58.8 Å². The van der Waals surface area contributed by atoms with Gasteiger partial charge in [-0.3, -0.25) is 4.79 Å². The second kappa shape index (κ2) is 6.41. The number of thioether (sulfide) groups is 1. The molecule has 3 N–H and O–H groups in total. The Morgan fingerprint density at radius 3 is 2.48 bits per heavy atom. The summed E-state index contributed by atoms with van der Waals surface area (Å²) in [6.45, 7) is 1.92. The number of hydrogen-bond acceptors (Lipinski definition) is 4. The van der Waals surface area contributed by atoms with E-state index in [2.05, 4.69) is 4.98 Å². The first-order valence-corrected chi connectivity index (χ1v) is 7.17. The molecule has 1 aromatic carbocycles. The van der Waals surface area contributed by atoms with Crippen molar-refractivity contribution < 1.29 is 14.7 Å². The van der Waals surface area contributed by atoms with Gasteiger partial charge in [0.15, 0.2) is 0 Å². The molecule has 1 amide bonds. The van der Waals surface area contributed by atoms with Gasteiger partial charge < -0.3 is 10.8 Å². The van der Waals surface area contributed by atoms with E-state index >= 15 is 0 Å². The van der Waals surface area contributed by atoms with E-state index in [1.54, 1.807) is 18.2 Å². The number of primary amides is 1. The molecular weight excluding hydrogens is 288 g/mol. The average Bonchev–Trinajstić information content (AvgIpc) is 2.46. The summed E-state index contributed by atoms with van der Waals surface area (Å²) in [5.74, 6) is -0.746. The predicted octanol–water partition coefficient (Wildman–Crippen LogP) is 2.48. The van der Waals surface area contributed by atoms with Crippen LogP contribution in [-0.2, 0) is 5.75 Å². The molecule has 6 heteroatoms. The Morgan fingerprint density at radius 2 is 1.95 bits per heavy atom. The minimum Gasteiger partial charge on any atom is -0.478 e. The molecule has 0 aliphatic heterocycles. The van der Waals surface area contributed by atoms with Crippen molar-refractivity contribution in [2.45, 2.75) is 17.7 Å². The third-order valence-electron chi connectivity index (χ3n) is 2.99. The molecule has 0 spiro atoms. The summed E-state index contributed by atoms with van der Waals surface area (Å²) in [5, 5.41) is 9.55. The van der Waals surface area contributed by atoms with E-state index < -0.39 is 11.9 Å². The molecule has 5 nitrogen and oxygen atoms in total. The van der Waals surface area contributed by atoms with E-state index in [9.17, 15) is 9.59 Å². The molecule has 2 rings (SSSR count). The number of carboxylic acids is 1. The third-order valence-corrected chi connectivity index (χ3v) is 3.98. The van der Waals surface area contributed by atoms with Gasteiger partial charge in [0, 0.05) is 17.5 Å². The van der Waals surface area contributed by atoms with Crippen LogP contribution in [0.3, 0.4) is 0 Å². The van der Waals surface area contributed by atoms with E-state index in [4.69, 9.17) is 10.8 Å².